The van der Waals surface area contributed by atoms with Gasteiger partial charge in [0.1, 0.15) is 17.2 Å². The number of carbonyl (C=O) groups is 2. The maximum Gasteiger partial charge on any atom is 0.274 e. The van der Waals surface area contributed by atoms with Crippen LogP contribution in [0.15, 0.2) is 24.8 Å². The Balaban J connectivity index is 1.81. The van der Waals surface area contributed by atoms with Gasteiger partial charge in [0.15, 0.2) is 0 Å². The molecule has 3 heterocycles. The Morgan fingerprint density at radius 2 is 2.05 bits per heavy atom. The normalized spacial score (nSPS) is 13.7. The first kappa shape index (κ1) is 13.2. The van der Waals surface area contributed by atoms with Crippen molar-refractivity contribution in [3.05, 3.63) is 42.0 Å². The smallest absolute Gasteiger partial charge is 0.274 e. The molecule has 0 aliphatic carbocycles. The molecule has 0 aromatic carbocycles. The number of carbonyl (C=O) groups excluding carboxylic acids is 2. The number of fused-ring (bicyclic) bond motifs is 1. The molecule has 3 rings (SSSR count). The van der Waals surface area contributed by atoms with E-state index in [1.165, 1.54) is 24.8 Å². The molecule has 0 atom stereocenters. The standard InChI is InChI=1S/C13H14N6O2/c1-14-12(20)10-7-17-11-8-18(4-5-19(10)11)13(21)9-6-15-2-3-16-9/h2-3,6-7H,4-5,8H2,1H3,(H,14,20). The van der Waals surface area contributed by atoms with Crippen molar-refractivity contribution >= 4 is 11.8 Å². The van der Waals surface area contributed by atoms with Crippen LogP contribution in [0.5, 0.6) is 0 Å². The lowest BCUT2D eigenvalue weighted by molar-refractivity contribution is 0.0699. The Bertz CT molecular complexity index is 681. The van der Waals surface area contributed by atoms with E-state index in [9.17, 15) is 9.59 Å². The van der Waals surface area contributed by atoms with Crippen LogP contribution in [-0.4, -0.2) is 49.8 Å². The first-order valence-corrected chi connectivity index (χ1v) is 6.52. The molecule has 2 aromatic rings. The minimum absolute atomic E-state index is 0.178. The highest BCUT2D eigenvalue weighted by Crippen LogP contribution is 2.16. The third-order valence-electron chi connectivity index (χ3n) is 3.39. The third kappa shape index (κ3) is 2.35. The van der Waals surface area contributed by atoms with E-state index in [4.69, 9.17) is 0 Å². The van der Waals surface area contributed by atoms with Gasteiger partial charge in [0.25, 0.3) is 11.8 Å². The van der Waals surface area contributed by atoms with E-state index < -0.39 is 0 Å². The largest absolute Gasteiger partial charge is 0.354 e. The van der Waals surface area contributed by atoms with E-state index in [1.54, 1.807) is 11.9 Å². The van der Waals surface area contributed by atoms with Gasteiger partial charge in [0.2, 0.25) is 0 Å². The maximum absolute atomic E-state index is 12.3. The predicted molar refractivity (Wildman–Crippen MR) is 72.4 cm³/mol. The Morgan fingerprint density at radius 1 is 1.19 bits per heavy atom. The fourth-order valence-electron chi connectivity index (χ4n) is 2.31. The highest BCUT2D eigenvalue weighted by atomic mass is 16.2. The molecule has 0 unspecified atom stereocenters. The maximum atomic E-state index is 12.3. The second-order valence-corrected chi connectivity index (χ2v) is 4.61. The van der Waals surface area contributed by atoms with Crippen LogP contribution in [0.3, 0.4) is 0 Å². The quantitative estimate of drug-likeness (QED) is 0.817. The van der Waals surface area contributed by atoms with Gasteiger partial charge in [-0.05, 0) is 0 Å². The molecule has 0 bridgehead atoms. The Morgan fingerprint density at radius 3 is 2.76 bits per heavy atom. The van der Waals surface area contributed by atoms with E-state index >= 15 is 0 Å². The molecular formula is C13H14N6O2. The van der Waals surface area contributed by atoms with Crippen LogP contribution < -0.4 is 5.32 Å². The Kier molecular flexibility index (Phi) is 3.35. The predicted octanol–water partition coefficient (Wildman–Crippen LogP) is -0.311. The molecule has 0 spiro atoms. The van der Waals surface area contributed by atoms with Crippen molar-refractivity contribution < 1.29 is 9.59 Å². The number of amides is 2. The Labute approximate surface area is 120 Å². The average Bonchev–Trinajstić information content (AvgIpc) is 2.97. The van der Waals surface area contributed by atoms with Crippen LogP contribution in [0.4, 0.5) is 0 Å². The van der Waals surface area contributed by atoms with Crippen LogP contribution in [0.25, 0.3) is 0 Å². The minimum atomic E-state index is -0.182. The molecule has 2 amide bonds. The van der Waals surface area contributed by atoms with Gasteiger partial charge in [-0.25, -0.2) is 9.97 Å². The van der Waals surface area contributed by atoms with Gasteiger partial charge in [-0.15, -0.1) is 0 Å². The summed E-state index contributed by atoms with van der Waals surface area (Å²) in [6, 6.07) is 0. The van der Waals surface area contributed by atoms with Crippen molar-refractivity contribution in [3.8, 4) is 0 Å². The van der Waals surface area contributed by atoms with Crippen LogP contribution in [0.1, 0.15) is 26.8 Å². The molecule has 2 aromatic heterocycles. The van der Waals surface area contributed by atoms with E-state index in [-0.39, 0.29) is 11.8 Å². The molecule has 1 aliphatic heterocycles. The minimum Gasteiger partial charge on any atom is -0.354 e. The molecule has 0 saturated carbocycles. The molecule has 21 heavy (non-hydrogen) atoms. The second kappa shape index (κ2) is 5.31. The van der Waals surface area contributed by atoms with Crippen molar-refractivity contribution in [1.82, 2.24) is 29.7 Å². The summed E-state index contributed by atoms with van der Waals surface area (Å²) in [5.41, 5.74) is 0.822. The molecule has 8 heteroatoms. The zero-order valence-electron chi connectivity index (χ0n) is 11.5. The second-order valence-electron chi connectivity index (χ2n) is 4.61. The van der Waals surface area contributed by atoms with E-state index in [1.807, 2.05) is 4.57 Å². The highest BCUT2D eigenvalue weighted by molar-refractivity contribution is 5.93. The van der Waals surface area contributed by atoms with E-state index in [0.29, 0.717) is 36.8 Å². The summed E-state index contributed by atoms with van der Waals surface area (Å²) in [4.78, 5) is 37.8. The summed E-state index contributed by atoms with van der Waals surface area (Å²) < 4.78 is 1.83. The van der Waals surface area contributed by atoms with Crippen LogP contribution in [-0.2, 0) is 13.1 Å². The summed E-state index contributed by atoms with van der Waals surface area (Å²) in [7, 11) is 1.58. The van der Waals surface area contributed by atoms with Crippen molar-refractivity contribution in [3.63, 3.8) is 0 Å². The molecule has 0 radical (unpaired) electrons. The zero-order chi connectivity index (χ0) is 14.8. The summed E-state index contributed by atoms with van der Waals surface area (Å²) in [5, 5.41) is 2.58. The van der Waals surface area contributed by atoms with Crippen molar-refractivity contribution in [2.75, 3.05) is 13.6 Å². The monoisotopic (exact) mass is 286 g/mol. The van der Waals surface area contributed by atoms with Gasteiger partial charge < -0.3 is 14.8 Å². The van der Waals surface area contributed by atoms with Crippen molar-refractivity contribution in [2.24, 2.45) is 0 Å². The first-order valence-electron chi connectivity index (χ1n) is 6.52. The molecular weight excluding hydrogens is 272 g/mol. The van der Waals surface area contributed by atoms with Gasteiger partial charge in [-0.2, -0.15) is 0 Å². The molecule has 108 valence electrons. The topological polar surface area (TPSA) is 93.0 Å². The van der Waals surface area contributed by atoms with Crippen molar-refractivity contribution in [1.29, 1.82) is 0 Å². The molecule has 0 saturated heterocycles. The van der Waals surface area contributed by atoms with Crippen LogP contribution >= 0.6 is 0 Å². The van der Waals surface area contributed by atoms with Crippen molar-refractivity contribution in [2.45, 2.75) is 13.1 Å². The molecule has 8 nitrogen and oxygen atoms in total. The van der Waals surface area contributed by atoms with Crippen LogP contribution in [0.2, 0.25) is 0 Å². The van der Waals surface area contributed by atoms with Gasteiger partial charge in [-0.3, -0.25) is 14.6 Å². The highest BCUT2D eigenvalue weighted by Gasteiger charge is 2.26. The first-order chi connectivity index (χ1) is 10.2. The fourth-order valence-corrected chi connectivity index (χ4v) is 2.31. The average molecular weight is 286 g/mol. The van der Waals surface area contributed by atoms with Crippen LogP contribution in [0, 0.1) is 0 Å². The summed E-state index contributed by atoms with van der Waals surface area (Å²) in [6.45, 7) is 1.39. The molecule has 0 fully saturated rings. The summed E-state index contributed by atoms with van der Waals surface area (Å²) in [6.07, 6.45) is 5.99. The number of aromatic nitrogens is 4. The van der Waals surface area contributed by atoms with Gasteiger partial charge in [0, 0.05) is 32.5 Å². The number of nitrogens with zero attached hydrogens (tertiary/aromatic N) is 5. The summed E-state index contributed by atoms with van der Waals surface area (Å²) >= 11 is 0. The van der Waals surface area contributed by atoms with Gasteiger partial charge in [-0.1, -0.05) is 0 Å². The fraction of sp³-hybridized carbons (Fsp3) is 0.308. The Hall–Kier alpha value is -2.77. The summed E-state index contributed by atoms with van der Waals surface area (Å²) in [5.74, 6) is 0.332. The lowest BCUT2D eigenvalue weighted by Crippen LogP contribution is -2.39. The molecule has 1 aliphatic rings. The number of rotatable bonds is 2. The van der Waals surface area contributed by atoms with Gasteiger partial charge >= 0.3 is 0 Å². The van der Waals surface area contributed by atoms with E-state index in [2.05, 4.69) is 20.3 Å². The zero-order valence-corrected chi connectivity index (χ0v) is 11.5. The number of nitrogens with one attached hydrogen (secondary N) is 1. The molecule has 1 N–H and O–H groups in total. The SMILES string of the molecule is CNC(=O)c1cnc2n1CCN(C(=O)c1cnccn1)C2. The van der Waals surface area contributed by atoms with Gasteiger partial charge in [0.05, 0.1) is 18.9 Å². The van der Waals surface area contributed by atoms with E-state index in [0.717, 1.165) is 0 Å². The lowest BCUT2D eigenvalue weighted by atomic mass is 10.3. The lowest BCUT2D eigenvalue weighted by Gasteiger charge is -2.28. The number of imidazole rings is 1. The third-order valence-corrected chi connectivity index (χ3v) is 3.39. The number of hydrogen-bond donors (Lipinski definition) is 1. The number of hydrogen-bond acceptors (Lipinski definition) is 5.